The maximum absolute atomic E-state index is 12.2. The van der Waals surface area contributed by atoms with Crippen LogP contribution in [0.3, 0.4) is 0 Å². The fourth-order valence-corrected chi connectivity index (χ4v) is 4.73. The minimum absolute atomic E-state index is 0.172. The summed E-state index contributed by atoms with van der Waals surface area (Å²) in [7, 11) is 0. The van der Waals surface area contributed by atoms with Crippen molar-refractivity contribution in [3.8, 4) is 0 Å². The van der Waals surface area contributed by atoms with Gasteiger partial charge in [-0.1, -0.05) is 25.7 Å². The van der Waals surface area contributed by atoms with Gasteiger partial charge in [0.1, 0.15) is 5.78 Å². The Morgan fingerprint density at radius 3 is 2.40 bits per heavy atom. The van der Waals surface area contributed by atoms with Gasteiger partial charge in [0.05, 0.1) is 6.10 Å². The molecule has 0 spiro atoms. The molecular formula is C17H29NO2. The number of Topliss-reactive ketones (excluding diaryl/α,β-unsaturated/α-hetero) is 1. The van der Waals surface area contributed by atoms with E-state index in [4.69, 9.17) is 0 Å². The number of aliphatic hydroxyl groups is 1. The number of nitrogens with zero attached hydrogens (tertiary/aromatic N) is 1. The SMILES string of the molecule is O=C1CCCC1C1CCCCN1C1CCCCCC1O. The van der Waals surface area contributed by atoms with Crippen LogP contribution >= 0.6 is 0 Å². The third kappa shape index (κ3) is 2.94. The summed E-state index contributed by atoms with van der Waals surface area (Å²) in [5.41, 5.74) is 0. The molecule has 0 amide bonds. The molecule has 4 atom stereocenters. The molecule has 3 fully saturated rings. The summed E-state index contributed by atoms with van der Waals surface area (Å²) in [6.07, 6.45) is 12.2. The number of carbonyl (C=O) groups is 1. The van der Waals surface area contributed by atoms with Crippen LogP contribution in [0.15, 0.2) is 0 Å². The lowest BCUT2D eigenvalue weighted by Crippen LogP contribution is -2.54. The fraction of sp³-hybridized carbons (Fsp3) is 0.941. The van der Waals surface area contributed by atoms with E-state index in [9.17, 15) is 9.90 Å². The molecule has 4 unspecified atom stereocenters. The molecule has 0 aromatic heterocycles. The molecule has 1 saturated heterocycles. The fourth-order valence-electron chi connectivity index (χ4n) is 4.73. The lowest BCUT2D eigenvalue weighted by molar-refractivity contribution is -0.124. The highest BCUT2D eigenvalue weighted by Gasteiger charge is 2.41. The molecule has 3 rings (SSSR count). The van der Waals surface area contributed by atoms with E-state index in [2.05, 4.69) is 4.90 Å². The third-order valence-electron chi connectivity index (χ3n) is 5.78. The molecule has 2 aliphatic carbocycles. The standard InChI is InChI=1S/C17H29NO2/c19-16-11-6-7-13(16)14-8-4-5-12-18(14)15-9-2-1-3-10-17(15)20/h13-15,17,20H,1-12H2. The van der Waals surface area contributed by atoms with Crippen LogP contribution in [-0.4, -0.2) is 40.5 Å². The van der Waals surface area contributed by atoms with Crippen molar-refractivity contribution in [3.63, 3.8) is 0 Å². The molecule has 1 N–H and O–H groups in total. The van der Waals surface area contributed by atoms with E-state index in [1.165, 1.54) is 38.5 Å². The average molecular weight is 279 g/mol. The number of ketones is 1. The summed E-state index contributed by atoms with van der Waals surface area (Å²) >= 11 is 0. The van der Waals surface area contributed by atoms with Crippen LogP contribution in [0.2, 0.25) is 0 Å². The first-order valence-corrected chi connectivity index (χ1v) is 8.74. The van der Waals surface area contributed by atoms with Crippen LogP contribution in [0.25, 0.3) is 0 Å². The van der Waals surface area contributed by atoms with Crippen molar-refractivity contribution in [2.24, 2.45) is 5.92 Å². The number of hydrogen-bond acceptors (Lipinski definition) is 3. The van der Waals surface area contributed by atoms with Crippen LogP contribution in [0, 0.1) is 5.92 Å². The molecule has 2 saturated carbocycles. The Kier molecular flexibility index (Phi) is 4.77. The van der Waals surface area contributed by atoms with Gasteiger partial charge in [-0.2, -0.15) is 0 Å². The Morgan fingerprint density at radius 1 is 0.850 bits per heavy atom. The lowest BCUT2D eigenvalue weighted by Gasteiger charge is -2.45. The predicted molar refractivity (Wildman–Crippen MR) is 79.6 cm³/mol. The van der Waals surface area contributed by atoms with Crippen LogP contribution in [0.5, 0.6) is 0 Å². The molecule has 3 aliphatic rings. The summed E-state index contributed by atoms with van der Waals surface area (Å²) in [4.78, 5) is 14.7. The second kappa shape index (κ2) is 6.57. The van der Waals surface area contributed by atoms with Crippen molar-refractivity contribution in [3.05, 3.63) is 0 Å². The number of aliphatic hydroxyl groups excluding tert-OH is 1. The van der Waals surface area contributed by atoms with Crippen LogP contribution in [0.4, 0.5) is 0 Å². The largest absolute Gasteiger partial charge is 0.391 e. The molecule has 3 heteroatoms. The second-order valence-electron chi connectivity index (χ2n) is 7.04. The normalized spacial score (nSPS) is 40.8. The average Bonchev–Trinajstić information content (AvgIpc) is 2.77. The highest BCUT2D eigenvalue weighted by atomic mass is 16.3. The van der Waals surface area contributed by atoms with Crippen LogP contribution < -0.4 is 0 Å². The molecule has 1 aliphatic heterocycles. The minimum atomic E-state index is -0.172. The zero-order valence-corrected chi connectivity index (χ0v) is 12.6. The minimum Gasteiger partial charge on any atom is -0.391 e. The Labute approximate surface area is 122 Å². The van der Waals surface area contributed by atoms with Gasteiger partial charge in [0.15, 0.2) is 0 Å². The molecule has 3 nitrogen and oxygen atoms in total. The summed E-state index contributed by atoms with van der Waals surface area (Å²) < 4.78 is 0. The van der Waals surface area contributed by atoms with Crippen molar-refractivity contribution >= 4 is 5.78 Å². The van der Waals surface area contributed by atoms with Crippen molar-refractivity contribution in [1.82, 2.24) is 4.90 Å². The topological polar surface area (TPSA) is 40.5 Å². The first-order chi connectivity index (χ1) is 9.77. The number of piperidine rings is 1. The van der Waals surface area contributed by atoms with Gasteiger partial charge in [-0.25, -0.2) is 0 Å². The van der Waals surface area contributed by atoms with Crippen LogP contribution in [0.1, 0.15) is 70.6 Å². The van der Waals surface area contributed by atoms with E-state index >= 15 is 0 Å². The quantitative estimate of drug-likeness (QED) is 0.790. The first kappa shape index (κ1) is 14.5. The molecular weight excluding hydrogens is 250 g/mol. The Hall–Kier alpha value is -0.410. The zero-order chi connectivity index (χ0) is 13.9. The molecule has 20 heavy (non-hydrogen) atoms. The van der Waals surface area contributed by atoms with E-state index in [0.29, 0.717) is 17.9 Å². The van der Waals surface area contributed by atoms with E-state index in [1.807, 2.05) is 0 Å². The Bertz CT molecular complexity index is 344. The molecule has 1 heterocycles. The van der Waals surface area contributed by atoms with E-state index in [-0.39, 0.29) is 12.0 Å². The molecule has 114 valence electrons. The molecule has 0 bridgehead atoms. The first-order valence-electron chi connectivity index (χ1n) is 8.74. The highest BCUT2D eigenvalue weighted by Crippen LogP contribution is 2.36. The van der Waals surface area contributed by atoms with Crippen molar-refractivity contribution in [1.29, 1.82) is 0 Å². The van der Waals surface area contributed by atoms with Crippen molar-refractivity contribution < 1.29 is 9.90 Å². The summed E-state index contributed by atoms with van der Waals surface area (Å²) in [5.74, 6) is 0.760. The van der Waals surface area contributed by atoms with Gasteiger partial charge in [0, 0.05) is 24.4 Å². The van der Waals surface area contributed by atoms with Gasteiger partial charge in [0.2, 0.25) is 0 Å². The van der Waals surface area contributed by atoms with E-state index < -0.39 is 0 Å². The number of carbonyl (C=O) groups excluding carboxylic acids is 1. The zero-order valence-electron chi connectivity index (χ0n) is 12.6. The predicted octanol–water partition coefficient (Wildman–Crippen LogP) is 2.90. The summed E-state index contributed by atoms with van der Waals surface area (Å²) in [5, 5.41) is 10.5. The Balaban J connectivity index is 1.75. The van der Waals surface area contributed by atoms with Gasteiger partial charge in [-0.15, -0.1) is 0 Å². The number of hydrogen-bond donors (Lipinski definition) is 1. The summed E-state index contributed by atoms with van der Waals surface area (Å²) in [6.45, 7) is 1.09. The van der Waals surface area contributed by atoms with Crippen LogP contribution in [-0.2, 0) is 4.79 Å². The van der Waals surface area contributed by atoms with Gasteiger partial charge >= 0.3 is 0 Å². The maximum atomic E-state index is 12.2. The van der Waals surface area contributed by atoms with Crippen molar-refractivity contribution in [2.75, 3.05) is 6.54 Å². The number of rotatable bonds is 2. The van der Waals surface area contributed by atoms with Gasteiger partial charge < -0.3 is 5.11 Å². The molecule has 0 aromatic rings. The molecule has 0 aromatic carbocycles. The van der Waals surface area contributed by atoms with Gasteiger partial charge in [-0.05, 0) is 45.1 Å². The Morgan fingerprint density at radius 2 is 1.60 bits per heavy atom. The summed E-state index contributed by atoms with van der Waals surface area (Å²) in [6, 6.07) is 0.743. The smallest absolute Gasteiger partial charge is 0.137 e. The lowest BCUT2D eigenvalue weighted by atomic mass is 9.86. The van der Waals surface area contributed by atoms with Gasteiger partial charge in [0.25, 0.3) is 0 Å². The van der Waals surface area contributed by atoms with E-state index in [0.717, 1.165) is 38.6 Å². The highest BCUT2D eigenvalue weighted by molar-refractivity contribution is 5.83. The van der Waals surface area contributed by atoms with Gasteiger partial charge in [-0.3, -0.25) is 9.69 Å². The monoisotopic (exact) mass is 279 g/mol. The van der Waals surface area contributed by atoms with E-state index in [1.54, 1.807) is 0 Å². The molecule has 0 radical (unpaired) electrons. The number of likely N-dealkylation sites (tertiary alicyclic amines) is 1. The second-order valence-corrected chi connectivity index (χ2v) is 7.04. The maximum Gasteiger partial charge on any atom is 0.137 e. The third-order valence-corrected chi connectivity index (χ3v) is 5.78. The van der Waals surface area contributed by atoms with Crippen molar-refractivity contribution in [2.45, 2.75) is 88.8 Å².